The number of likely N-dealkylation sites (tertiary alicyclic amines) is 1. The van der Waals surface area contributed by atoms with Crippen molar-refractivity contribution in [2.24, 2.45) is 17.8 Å². The van der Waals surface area contributed by atoms with Crippen LogP contribution in [0.15, 0.2) is 88.9 Å². The van der Waals surface area contributed by atoms with Gasteiger partial charge in [-0.3, -0.25) is 4.98 Å². The molecular weight excluding hydrogens is 593 g/mol. The predicted octanol–water partition coefficient (Wildman–Crippen LogP) is 4.74. The Morgan fingerprint density at radius 3 is 2.11 bits per heavy atom. The highest BCUT2D eigenvalue weighted by atomic mass is 32.2. The van der Waals surface area contributed by atoms with Gasteiger partial charge < -0.3 is 9.80 Å². The molecule has 0 spiro atoms. The molecule has 3 fully saturated rings. The van der Waals surface area contributed by atoms with Crippen LogP contribution in [0.1, 0.15) is 44.6 Å². The molecule has 1 aromatic heterocycles. The van der Waals surface area contributed by atoms with Crippen molar-refractivity contribution in [2.75, 3.05) is 43.9 Å². The molecule has 3 aromatic rings. The Labute approximate surface area is 262 Å². The molecule has 1 aliphatic carbocycles. The quantitative estimate of drug-likeness (QED) is 0.343. The number of nitrogens with one attached hydrogen (secondary N) is 1. The molecule has 2 saturated heterocycles. The summed E-state index contributed by atoms with van der Waals surface area (Å²) >= 11 is 0. The van der Waals surface area contributed by atoms with Crippen LogP contribution in [-0.2, 0) is 25.3 Å². The smallest absolute Gasteiger partial charge is 0.208 e. The molecule has 0 bridgehead atoms. The number of rotatable bonds is 10. The molecule has 0 amide bonds. The van der Waals surface area contributed by atoms with E-state index < -0.39 is 19.9 Å². The van der Waals surface area contributed by atoms with E-state index in [1.54, 1.807) is 12.1 Å². The van der Waals surface area contributed by atoms with Crippen LogP contribution in [0.5, 0.6) is 0 Å². The summed E-state index contributed by atoms with van der Waals surface area (Å²) in [5.74, 6) is 1.36. The fourth-order valence-corrected chi connectivity index (χ4v) is 10.2. The number of sulfonamides is 1. The molecular formula is C34H44N4O4S2. The Kier molecular flexibility index (Phi) is 8.89. The Morgan fingerprint density at radius 2 is 1.48 bits per heavy atom. The maximum Gasteiger partial charge on any atom is 0.208 e. The van der Waals surface area contributed by atoms with Gasteiger partial charge in [-0.25, -0.2) is 21.6 Å². The van der Waals surface area contributed by atoms with Crippen LogP contribution in [0.4, 0.5) is 5.69 Å². The highest BCUT2D eigenvalue weighted by molar-refractivity contribution is 7.91. The summed E-state index contributed by atoms with van der Waals surface area (Å²) in [5.41, 5.74) is 2.30. The van der Waals surface area contributed by atoms with E-state index in [4.69, 9.17) is 0 Å². The summed E-state index contributed by atoms with van der Waals surface area (Å²) in [6.07, 6.45) is 9.50. The minimum atomic E-state index is -3.55. The van der Waals surface area contributed by atoms with E-state index in [2.05, 4.69) is 56.8 Å². The third-order valence-electron chi connectivity index (χ3n) is 10.4. The first-order chi connectivity index (χ1) is 21.0. The average Bonchev–Trinajstić information content (AvgIpc) is 3.47. The number of nitrogens with zero attached hydrogens (tertiary/aromatic N) is 3. The molecule has 3 aliphatic rings. The Bertz CT molecular complexity index is 1620. The van der Waals surface area contributed by atoms with Gasteiger partial charge in [0.1, 0.15) is 0 Å². The third-order valence-corrected chi connectivity index (χ3v) is 12.9. The SMILES string of the molecule is CC(c1ccccc1)(C1CCN(CC2CN(c3ccc(S(=O)(=O)c4ccncc4)cc3)C2)CC1)[C@H]1CCC[C@@H]1NS(C)(=O)=O. The predicted molar refractivity (Wildman–Crippen MR) is 174 cm³/mol. The van der Waals surface area contributed by atoms with Crippen LogP contribution < -0.4 is 9.62 Å². The van der Waals surface area contributed by atoms with Crippen molar-refractivity contribution in [2.45, 2.75) is 60.3 Å². The van der Waals surface area contributed by atoms with Crippen molar-refractivity contribution in [3.05, 3.63) is 84.7 Å². The van der Waals surface area contributed by atoms with Gasteiger partial charge >= 0.3 is 0 Å². The van der Waals surface area contributed by atoms with Crippen molar-refractivity contribution >= 4 is 25.5 Å². The van der Waals surface area contributed by atoms with Crippen molar-refractivity contribution in [1.29, 1.82) is 0 Å². The number of piperidine rings is 1. The lowest BCUT2D eigenvalue weighted by atomic mass is 9.59. The maximum atomic E-state index is 12.9. The molecule has 2 aromatic carbocycles. The monoisotopic (exact) mass is 636 g/mol. The molecule has 0 radical (unpaired) electrons. The lowest BCUT2D eigenvalue weighted by molar-refractivity contribution is 0.0801. The summed E-state index contributed by atoms with van der Waals surface area (Å²) in [5, 5.41) is 0. The highest BCUT2D eigenvalue weighted by Gasteiger charge is 2.49. The molecule has 10 heteroatoms. The molecule has 3 atom stereocenters. The van der Waals surface area contributed by atoms with Gasteiger partial charge in [0.05, 0.1) is 16.0 Å². The zero-order valence-corrected chi connectivity index (χ0v) is 27.3. The molecule has 6 rings (SSSR count). The van der Waals surface area contributed by atoms with Gasteiger partial charge in [0, 0.05) is 49.7 Å². The largest absolute Gasteiger partial charge is 0.371 e. The number of sulfone groups is 1. The van der Waals surface area contributed by atoms with E-state index in [0.29, 0.717) is 16.7 Å². The number of anilines is 1. The zero-order valence-electron chi connectivity index (χ0n) is 25.7. The minimum absolute atomic E-state index is 0.0148. The Balaban J connectivity index is 1.05. The lowest BCUT2D eigenvalue weighted by Crippen LogP contribution is -2.54. The molecule has 2 aliphatic heterocycles. The third kappa shape index (κ3) is 6.45. The van der Waals surface area contributed by atoms with Gasteiger partial charge in [0.2, 0.25) is 19.9 Å². The van der Waals surface area contributed by atoms with E-state index >= 15 is 0 Å². The topological polar surface area (TPSA) is 99.7 Å². The summed E-state index contributed by atoms with van der Waals surface area (Å²) < 4.78 is 53.3. The van der Waals surface area contributed by atoms with Crippen LogP contribution in [0.25, 0.3) is 0 Å². The van der Waals surface area contributed by atoms with E-state index in [1.165, 1.54) is 36.3 Å². The number of pyridine rings is 1. The maximum absolute atomic E-state index is 12.9. The summed E-state index contributed by atoms with van der Waals surface area (Å²) in [4.78, 5) is 9.40. The fourth-order valence-electron chi connectivity index (χ4n) is 8.11. The van der Waals surface area contributed by atoms with Crippen LogP contribution in [0.3, 0.4) is 0 Å². The first kappa shape index (κ1) is 31.2. The molecule has 1 N–H and O–H groups in total. The van der Waals surface area contributed by atoms with Crippen LogP contribution in [-0.4, -0.2) is 71.7 Å². The van der Waals surface area contributed by atoms with Crippen LogP contribution >= 0.6 is 0 Å². The second-order valence-electron chi connectivity index (χ2n) is 13.2. The number of hydrogen-bond donors (Lipinski definition) is 1. The summed E-state index contributed by atoms with van der Waals surface area (Å²) in [6.45, 7) is 7.52. The van der Waals surface area contributed by atoms with E-state index in [-0.39, 0.29) is 22.3 Å². The highest BCUT2D eigenvalue weighted by Crippen LogP contribution is 2.50. The standard InChI is InChI=1S/C34H44N4O4S2/c1-34(27-7-4-3-5-8-27,32-9-6-10-33(32)36-43(2,39)40)28-17-21-37(22-18-28)23-26-24-38(25-26)29-11-13-30(14-12-29)44(41,42)31-15-19-35-20-16-31/h3-5,7-8,11-16,19-20,26,28,32-33,36H,6,9-10,17-18,21-25H2,1-2H3/t32-,33-,34?/m0/s1. The van der Waals surface area contributed by atoms with Crippen molar-refractivity contribution in [3.63, 3.8) is 0 Å². The minimum Gasteiger partial charge on any atom is -0.371 e. The Hall–Kier alpha value is -2.79. The van der Waals surface area contributed by atoms with Crippen molar-refractivity contribution in [3.8, 4) is 0 Å². The normalized spacial score (nSPS) is 23.7. The number of benzene rings is 2. The molecule has 1 saturated carbocycles. The molecule has 44 heavy (non-hydrogen) atoms. The number of aromatic nitrogens is 1. The Morgan fingerprint density at radius 1 is 0.841 bits per heavy atom. The first-order valence-corrected chi connectivity index (χ1v) is 19.2. The van der Waals surface area contributed by atoms with Crippen molar-refractivity contribution < 1.29 is 16.8 Å². The van der Waals surface area contributed by atoms with E-state index in [9.17, 15) is 16.8 Å². The first-order valence-electron chi connectivity index (χ1n) is 15.8. The second kappa shape index (κ2) is 12.5. The molecule has 236 valence electrons. The molecule has 3 heterocycles. The summed E-state index contributed by atoms with van der Waals surface area (Å²) in [7, 11) is -6.81. The van der Waals surface area contributed by atoms with E-state index in [0.717, 1.165) is 70.5 Å². The molecule has 1 unspecified atom stereocenters. The second-order valence-corrected chi connectivity index (χ2v) is 16.9. The summed E-state index contributed by atoms with van der Waals surface area (Å²) in [6, 6.07) is 21.0. The van der Waals surface area contributed by atoms with Gasteiger partial charge in [-0.15, -0.1) is 0 Å². The van der Waals surface area contributed by atoms with Gasteiger partial charge in [-0.2, -0.15) is 0 Å². The van der Waals surface area contributed by atoms with Gasteiger partial charge in [0.15, 0.2) is 0 Å². The van der Waals surface area contributed by atoms with Crippen LogP contribution in [0, 0.1) is 17.8 Å². The van der Waals surface area contributed by atoms with E-state index in [1.807, 2.05) is 12.1 Å². The zero-order chi connectivity index (χ0) is 31.0. The number of hydrogen-bond acceptors (Lipinski definition) is 7. The van der Waals surface area contributed by atoms with Gasteiger partial charge in [0.25, 0.3) is 0 Å². The van der Waals surface area contributed by atoms with Gasteiger partial charge in [-0.1, -0.05) is 43.7 Å². The van der Waals surface area contributed by atoms with Gasteiger partial charge in [-0.05, 0) is 98.0 Å². The average molecular weight is 637 g/mol. The molecule has 8 nitrogen and oxygen atoms in total. The fraction of sp³-hybridized carbons (Fsp3) is 0.500. The van der Waals surface area contributed by atoms with Crippen molar-refractivity contribution in [1.82, 2.24) is 14.6 Å². The lowest BCUT2D eigenvalue weighted by Gasteiger charge is -2.49. The van der Waals surface area contributed by atoms with Crippen LogP contribution in [0.2, 0.25) is 0 Å².